The van der Waals surface area contributed by atoms with Crippen LogP contribution in [0.3, 0.4) is 0 Å². The van der Waals surface area contributed by atoms with Gasteiger partial charge in [0.25, 0.3) is 11.8 Å². The molecule has 242 valence electrons. The lowest BCUT2D eigenvalue weighted by atomic mass is 9.84. The highest BCUT2D eigenvalue weighted by Crippen LogP contribution is 2.46. The van der Waals surface area contributed by atoms with Crippen LogP contribution in [-0.4, -0.2) is 57.9 Å². The molecule has 0 radical (unpaired) electrons. The summed E-state index contributed by atoms with van der Waals surface area (Å²) in [7, 11) is 0. The first-order chi connectivity index (χ1) is 21.4. The molecule has 1 aromatic heterocycles. The highest BCUT2D eigenvalue weighted by Gasteiger charge is 2.54. The molecule has 1 spiro atoms. The number of hydrogen-bond donors (Lipinski definition) is 1. The molecule has 4 heterocycles. The molecule has 3 aliphatic rings. The molecule has 2 bridgehead atoms. The lowest BCUT2D eigenvalue weighted by molar-refractivity contribution is -0.150. The van der Waals surface area contributed by atoms with Gasteiger partial charge >= 0.3 is 5.97 Å². The number of amides is 2. The van der Waals surface area contributed by atoms with E-state index in [9.17, 15) is 28.0 Å². The van der Waals surface area contributed by atoms with E-state index < -0.39 is 59.0 Å². The summed E-state index contributed by atoms with van der Waals surface area (Å²) < 4.78 is 40.2. The zero-order valence-electron chi connectivity index (χ0n) is 25.9. The zero-order valence-corrected chi connectivity index (χ0v) is 25.9. The Bertz CT molecular complexity index is 1590. The van der Waals surface area contributed by atoms with E-state index in [1.54, 1.807) is 9.47 Å². The number of aromatic nitrogens is 1. The molecule has 0 saturated carbocycles. The van der Waals surface area contributed by atoms with Crippen molar-refractivity contribution in [1.29, 1.82) is 0 Å². The lowest BCUT2D eigenvalue weighted by Crippen LogP contribution is -2.52. The van der Waals surface area contributed by atoms with Gasteiger partial charge in [0.05, 0.1) is 11.8 Å². The standard InChI is InChI=1S/C32H38F2N4O7/c1-18(2)6-5-7-26(39)43-17-44-29-27-31(42)37-16-25(32(11-10-20(37)4)13-19(3)36-45-32)38(27)15-23(28(29)40)30(41)35-14-21-8-9-22(33)12-24(21)34/h8-9,12,15,18,20,25H,5-7,10-11,13-14,16-17H2,1-4H3,(H,35,41)/t20-,25+,32-/m0/s1. The Kier molecular flexibility index (Phi) is 9.26. The fourth-order valence-electron chi connectivity index (χ4n) is 6.22. The van der Waals surface area contributed by atoms with Crippen LogP contribution < -0.4 is 15.5 Å². The number of rotatable bonds is 10. The number of hydrogen-bond acceptors (Lipinski definition) is 8. The van der Waals surface area contributed by atoms with Crippen molar-refractivity contribution in [2.75, 3.05) is 13.3 Å². The van der Waals surface area contributed by atoms with E-state index in [0.717, 1.165) is 18.2 Å². The summed E-state index contributed by atoms with van der Waals surface area (Å²) in [5.74, 6) is -3.50. The van der Waals surface area contributed by atoms with Gasteiger partial charge in [0, 0.05) is 49.8 Å². The highest BCUT2D eigenvalue weighted by atomic mass is 19.1. The van der Waals surface area contributed by atoms with Crippen LogP contribution in [0.4, 0.5) is 8.78 Å². The van der Waals surface area contributed by atoms with Gasteiger partial charge in [-0.15, -0.1) is 0 Å². The maximum Gasteiger partial charge on any atom is 0.308 e. The molecule has 1 aromatic carbocycles. The van der Waals surface area contributed by atoms with Gasteiger partial charge in [0.15, 0.2) is 11.3 Å². The minimum Gasteiger partial charge on any atom is -0.451 e. The van der Waals surface area contributed by atoms with Crippen molar-refractivity contribution < 1.29 is 37.5 Å². The molecule has 3 atom stereocenters. The van der Waals surface area contributed by atoms with E-state index in [-0.39, 0.29) is 42.4 Å². The first-order valence-electron chi connectivity index (χ1n) is 15.2. The quantitative estimate of drug-likeness (QED) is 0.304. The second kappa shape index (κ2) is 13.0. The summed E-state index contributed by atoms with van der Waals surface area (Å²) in [6.07, 6.45) is 4.57. The molecule has 1 fully saturated rings. The zero-order chi connectivity index (χ0) is 32.5. The van der Waals surface area contributed by atoms with Crippen LogP contribution in [0.1, 0.15) is 98.7 Å². The van der Waals surface area contributed by atoms with E-state index >= 15 is 0 Å². The number of fused-ring (bicyclic) bond motifs is 5. The van der Waals surface area contributed by atoms with Crippen LogP contribution in [0, 0.1) is 17.6 Å². The molecule has 5 rings (SSSR count). The topological polar surface area (TPSA) is 129 Å². The van der Waals surface area contributed by atoms with Crippen LogP contribution in [0.5, 0.6) is 5.75 Å². The first-order valence-corrected chi connectivity index (χ1v) is 15.2. The van der Waals surface area contributed by atoms with E-state index in [0.29, 0.717) is 37.7 Å². The van der Waals surface area contributed by atoms with Gasteiger partial charge in [-0.2, -0.15) is 0 Å². The first kappa shape index (κ1) is 32.1. The molecule has 3 aliphatic heterocycles. The largest absolute Gasteiger partial charge is 0.451 e. The summed E-state index contributed by atoms with van der Waals surface area (Å²) in [6, 6.07) is 2.22. The average Bonchev–Trinajstić information content (AvgIpc) is 3.31. The molecule has 1 saturated heterocycles. The lowest BCUT2D eigenvalue weighted by Gasteiger charge is -2.42. The third-order valence-electron chi connectivity index (χ3n) is 8.71. The normalized spacial score (nSPS) is 22.1. The molecule has 2 aromatic rings. The summed E-state index contributed by atoms with van der Waals surface area (Å²) in [5.41, 5.74) is -1.42. The number of esters is 1. The Morgan fingerprint density at radius 2 is 2.02 bits per heavy atom. The van der Waals surface area contributed by atoms with Crippen molar-refractivity contribution in [1.82, 2.24) is 14.8 Å². The Hall–Kier alpha value is -4.29. The van der Waals surface area contributed by atoms with Crippen molar-refractivity contribution in [3.63, 3.8) is 0 Å². The number of oxime groups is 1. The fraction of sp³-hybridized carbons (Fsp3) is 0.531. The molecule has 13 heteroatoms. The van der Waals surface area contributed by atoms with Crippen molar-refractivity contribution in [2.24, 2.45) is 11.1 Å². The number of carbonyl (C=O) groups excluding carboxylic acids is 3. The molecule has 0 unspecified atom stereocenters. The molecule has 1 N–H and O–H groups in total. The molecule has 11 nitrogen and oxygen atoms in total. The summed E-state index contributed by atoms with van der Waals surface area (Å²) >= 11 is 0. The van der Waals surface area contributed by atoms with E-state index in [2.05, 4.69) is 10.5 Å². The number of nitrogens with zero attached hydrogens (tertiary/aromatic N) is 3. The van der Waals surface area contributed by atoms with E-state index in [1.165, 1.54) is 12.3 Å². The van der Waals surface area contributed by atoms with E-state index in [1.807, 2.05) is 27.7 Å². The van der Waals surface area contributed by atoms with Gasteiger partial charge in [-0.3, -0.25) is 19.2 Å². The predicted molar refractivity (Wildman–Crippen MR) is 159 cm³/mol. The van der Waals surface area contributed by atoms with Gasteiger partial charge in [-0.1, -0.05) is 31.5 Å². The Balaban J connectivity index is 1.51. The smallest absolute Gasteiger partial charge is 0.308 e. The Labute approximate surface area is 259 Å². The predicted octanol–water partition coefficient (Wildman–Crippen LogP) is 4.48. The second-order valence-corrected chi connectivity index (χ2v) is 12.5. The molecule has 2 amide bonds. The second-order valence-electron chi connectivity index (χ2n) is 12.5. The van der Waals surface area contributed by atoms with Gasteiger partial charge in [-0.25, -0.2) is 8.78 Å². The minimum atomic E-state index is -0.899. The van der Waals surface area contributed by atoms with Gasteiger partial charge in [0.2, 0.25) is 18.0 Å². The van der Waals surface area contributed by atoms with Gasteiger partial charge < -0.3 is 29.1 Å². The number of ether oxygens (including phenoxy) is 2. The number of pyridine rings is 1. The third-order valence-corrected chi connectivity index (χ3v) is 8.71. The van der Waals surface area contributed by atoms with Crippen molar-refractivity contribution >= 4 is 23.5 Å². The number of nitrogens with one attached hydrogen (secondary N) is 1. The molecular formula is C32H38F2N4O7. The molecular weight excluding hydrogens is 590 g/mol. The molecule has 0 aliphatic carbocycles. The molecule has 45 heavy (non-hydrogen) atoms. The van der Waals surface area contributed by atoms with E-state index in [4.69, 9.17) is 14.3 Å². The Morgan fingerprint density at radius 1 is 1.24 bits per heavy atom. The average molecular weight is 629 g/mol. The van der Waals surface area contributed by atoms with Crippen LogP contribution in [0.2, 0.25) is 0 Å². The van der Waals surface area contributed by atoms with Crippen molar-refractivity contribution in [3.05, 3.63) is 63.1 Å². The SMILES string of the molecule is CC1=NO[C@@]2(CC[C@H](C)N3C[C@H]2n2cc(C(=O)NCc4ccc(F)cc4F)c(=O)c(OCOC(=O)CCCC(C)C)c2C3=O)C1. The summed E-state index contributed by atoms with van der Waals surface area (Å²) in [6.45, 7) is 7.12. The third kappa shape index (κ3) is 6.57. The Morgan fingerprint density at radius 3 is 2.71 bits per heavy atom. The van der Waals surface area contributed by atoms with Crippen LogP contribution in [-0.2, 0) is 20.9 Å². The van der Waals surface area contributed by atoms with Crippen LogP contribution in [0.15, 0.2) is 34.3 Å². The fourth-order valence-corrected chi connectivity index (χ4v) is 6.22. The van der Waals surface area contributed by atoms with Gasteiger partial charge in [-0.05, 0) is 45.1 Å². The highest BCUT2D eigenvalue weighted by molar-refractivity contribution is 5.99. The van der Waals surface area contributed by atoms with Crippen LogP contribution >= 0.6 is 0 Å². The number of benzene rings is 1. The summed E-state index contributed by atoms with van der Waals surface area (Å²) in [4.78, 5) is 61.2. The number of carbonyl (C=O) groups is 3. The maximum atomic E-state index is 14.3. The minimum absolute atomic E-state index is 0.0122. The monoisotopic (exact) mass is 628 g/mol. The van der Waals surface area contributed by atoms with Gasteiger partial charge in [0.1, 0.15) is 17.2 Å². The maximum absolute atomic E-state index is 14.3. The van der Waals surface area contributed by atoms with Crippen LogP contribution in [0.25, 0.3) is 0 Å². The number of halogens is 2. The van der Waals surface area contributed by atoms with Crippen molar-refractivity contribution in [3.8, 4) is 5.75 Å². The summed E-state index contributed by atoms with van der Waals surface area (Å²) in [5, 5.41) is 6.71. The van der Waals surface area contributed by atoms with Crippen molar-refractivity contribution in [2.45, 2.75) is 90.4 Å².